The van der Waals surface area contributed by atoms with Crippen molar-refractivity contribution in [3.8, 4) is 28.5 Å². The normalized spacial score (nSPS) is 11.5. The quantitative estimate of drug-likeness (QED) is 0.312. The largest absolute Gasteiger partial charge is 0.325 e. The Balaban J connectivity index is 1.73. The van der Waals surface area contributed by atoms with Crippen molar-refractivity contribution < 1.29 is 4.79 Å². The van der Waals surface area contributed by atoms with E-state index >= 15 is 0 Å². The van der Waals surface area contributed by atoms with Gasteiger partial charge in [-0.25, -0.2) is 4.98 Å². The summed E-state index contributed by atoms with van der Waals surface area (Å²) in [6.07, 6.45) is 0. The Bertz CT molecular complexity index is 1360. The predicted molar refractivity (Wildman–Crippen MR) is 140 cm³/mol. The first kappa shape index (κ1) is 23.3. The minimum atomic E-state index is -0.447. The number of nitriles is 1. The van der Waals surface area contributed by atoms with Crippen molar-refractivity contribution in [2.24, 2.45) is 0 Å². The highest BCUT2D eigenvalue weighted by molar-refractivity contribution is 8.00. The first-order chi connectivity index (χ1) is 16.4. The van der Waals surface area contributed by atoms with E-state index in [2.05, 4.69) is 11.4 Å². The number of nitrogens with zero attached hydrogens (tertiary/aromatic N) is 2. The van der Waals surface area contributed by atoms with Crippen LogP contribution < -0.4 is 5.32 Å². The van der Waals surface area contributed by atoms with Gasteiger partial charge in [0, 0.05) is 16.8 Å². The number of carbonyl (C=O) groups excluding carboxylic acids is 1. The number of hydrogen-bond acceptors (Lipinski definition) is 4. The second-order valence-electron chi connectivity index (χ2n) is 8.20. The van der Waals surface area contributed by atoms with Gasteiger partial charge in [-0.15, -0.1) is 0 Å². The van der Waals surface area contributed by atoms with Gasteiger partial charge in [0.1, 0.15) is 11.1 Å². The summed E-state index contributed by atoms with van der Waals surface area (Å²) >= 11 is 1.30. The van der Waals surface area contributed by atoms with Crippen LogP contribution in [0.2, 0.25) is 0 Å². The molecule has 0 aliphatic rings. The number of carbonyl (C=O) groups is 1. The monoisotopic (exact) mass is 463 g/mol. The number of rotatable bonds is 6. The average Bonchev–Trinajstić information content (AvgIpc) is 2.84. The fourth-order valence-electron chi connectivity index (χ4n) is 3.62. The molecule has 0 saturated heterocycles. The van der Waals surface area contributed by atoms with Crippen molar-refractivity contribution in [2.75, 3.05) is 5.32 Å². The minimum absolute atomic E-state index is 0.136. The van der Waals surface area contributed by atoms with Crippen LogP contribution in [0.1, 0.15) is 23.6 Å². The molecule has 0 bridgehead atoms. The highest BCUT2D eigenvalue weighted by Gasteiger charge is 2.21. The lowest BCUT2D eigenvalue weighted by Gasteiger charge is -2.16. The molecule has 4 rings (SSSR count). The molecule has 1 N–H and O–H groups in total. The lowest BCUT2D eigenvalue weighted by atomic mass is 9.98. The summed E-state index contributed by atoms with van der Waals surface area (Å²) in [6, 6.07) is 30.0. The molecule has 0 radical (unpaired) electrons. The van der Waals surface area contributed by atoms with Gasteiger partial charge in [-0.2, -0.15) is 5.26 Å². The fraction of sp³-hybridized carbons (Fsp3) is 0.138. The van der Waals surface area contributed by atoms with E-state index in [1.165, 1.54) is 11.8 Å². The van der Waals surface area contributed by atoms with E-state index in [0.29, 0.717) is 10.6 Å². The second-order valence-corrected chi connectivity index (χ2v) is 9.53. The molecular weight excluding hydrogens is 438 g/mol. The predicted octanol–water partition coefficient (Wildman–Crippen LogP) is 7.02. The zero-order valence-corrected chi connectivity index (χ0v) is 20.2. The summed E-state index contributed by atoms with van der Waals surface area (Å²) in [7, 11) is 0. The minimum Gasteiger partial charge on any atom is -0.325 e. The lowest BCUT2D eigenvalue weighted by Crippen LogP contribution is -2.22. The van der Waals surface area contributed by atoms with E-state index in [9.17, 15) is 10.1 Å². The van der Waals surface area contributed by atoms with Crippen molar-refractivity contribution in [1.82, 2.24) is 4.98 Å². The number of hydrogen-bond donors (Lipinski definition) is 1. The summed E-state index contributed by atoms with van der Waals surface area (Å²) in [5, 5.41) is 13.2. The summed E-state index contributed by atoms with van der Waals surface area (Å²) in [5.41, 5.74) is 6.93. The van der Waals surface area contributed by atoms with Gasteiger partial charge < -0.3 is 5.32 Å². The SMILES string of the molecule is Cc1ccc(-c2cc(-c3ccccc3)nc(SC(C)C(=O)Nc3cccc(C)c3)c2C#N)cc1. The maximum atomic E-state index is 12.9. The van der Waals surface area contributed by atoms with E-state index in [-0.39, 0.29) is 5.91 Å². The molecule has 1 amide bonds. The fourth-order valence-corrected chi connectivity index (χ4v) is 4.55. The van der Waals surface area contributed by atoms with Crippen molar-refractivity contribution in [1.29, 1.82) is 5.26 Å². The van der Waals surface area contributed by atoms with Gasteiger partial charge in [0.05, 0.1) is 16.5 Å². The first-order valence-electron chi connectivity index (χ1n) is 11.1. The number of thioether (sulfide) groups is 1. The van der Waals surface area contributed by atoms with Crippen molar-refractivity contribution in [3.05, 3.63) is 102 Å². The lowest BCUT2D eigenvalue weighted by molar-refractivity contribution is -0.115. The van der Waals surface area contributed by atoms with E-state index in [1.807, 2.05) is 106 Å². The van der Waals surface area contributed by atoms with Gasteiger partial charge in [0.15, 0.2) is 0 Å². The smallest absolute Gasteiger partial charge is 0.237 e. The van der Waals surface area contributed by atoms with Crippen LogP contribution in [0.25, 0.3) is 22.4 Å². The maximum Gasteiger partial charge on any atom is 0.237 e. The molecule has 3 aromatic carbocycles. The second kappa shape index (κ2) is 10.4. The van der Waals surface area contributed by atoms with Crippen molar-refractivity contribution in [2.45, 2.75) is 31.0 Å². The van der Waals surface area contributed by atoms with Crippen molar-refractivity contribution in [3.63, 3.8) is 0 Å². The first-order valence-corrected chi connectivity index (χ1v) is 11.9. The molecule has 34 heavy (non-hydrogen) atoms. The summed E-state index contributed by atoms with van der Waals surface area (Å²) in [4.78, 5) is 17.8. The van der Waals surface area contributed by atoms with E-state index in [1.54, 1.807) is 0 Å². The van der Waals surface area contributed by atoms with Crippen LogP contribution in [0.5, 0.6) is 0 Å². The Morgan fingerprint density at radius 2 is 1.65 bits per heavy atom. The van der Waals surface area contributed by atoms with Crippen molar-refractivity contribution >= 4 is 23.4 Å². The Kier molecular flexibility index (Phi) is 7.10. The topological polar surface area (TPSA) is 65.8 Å². The van der Waals surface area contributed by atoms with E-state index < -0.39 is 5.25 Å². The van der Waals surface area contributed by atoms with E-state index in [0.717, 1.165) is 39.2 Å². The van der Waals surface area contributed by atoms with Gasteiger partial charge >= 0.3 is 0 Å². The van der Waals surface area contributed by atoms with Crippen LogP contribution in [0.15, 0.2) is 90.0 Å². The number of anilines is 1. The standard InChI is InChI=1S/C29H25N3OS/c1-19-12-14-22(15-13-19)25-17-27(23-9-5-4-6-10-23)32-29(26(25)18-30)34-21(3)28(33)31-24-11-7-8-20(2)16-24/h4-17,21H,1-3H3,(H,31,33). The maximum absolute atomic E-state index is 12.9. The molecule has 5 heteroatoms. The van der Waals surface area contributed by atoms with Crippen LogP contribution >= 0.6 is 11.8 Å². The van der Waals surface area contributed by atoms with Crippen LogP contribution in [0.4, 0.5) is 5.69 Å². The van der Waals surface area contributed by atoms with E-state index in [4.69, 9.17) is 4.98 Å². The number of aryl methyl sites for hydroxylation is 2. The molecule has 4 aromatic rings. The van der Waals surface area contributed by atoms with Gasteiger partial charge in [-0.3, -0.25) is 4.79 Å². The third-order valence-electron chi connectivity index (χ3n) is 5.47. The van der Waals surface area contributed by atoms with Gasteiger partial charge in [-0.05, 0) is 50.1 Å². The highest BCUT2D eigenvalue weighted by atomic mass is 32.2. The average molecular weight is 464 g/mol. The Morgan fingerprint density at radius 1 is 0.912 bits per heavy atom. The number of amides is 1. The van der Waals surface area contributed by atoms with Gasteiger partial charge in [0.25, 0.3) is 0 Å². The molecule has 0 aliphatic heterocycles. The molecule has 1 aromatic heterocycles. The van der Waals surface area contributed by atoms with Crippen LogP contribution in [-0.4, -0.2) is 16.1 Å². The molecule has 1 unspecified atom stereocenters. The third-order valence-corrected chi connectivity index (χ3v) is 6.56. The molecule has 168 valence electrons. The highest BCUT2D eigenvalue weighted by Crippen LogP contribution is 2.36. The summed E-state index contributed by atoms with van der Waals surface area (Å²) in [6.45, 7) is 5.85. The Morgan fingerprint density at radius 3 is 2.32 bits per heavy atom. The van der Waals surface area contributed by atoms with Gasteiger partial charge in [-0.1, -0.05) is 84.1 Å². The van der Waals surface area contributed by atoms with Gasteiger partial charge in [0.2, 0.25) is 5.91 Å². The molecule has 0 saturated carbocycles. The summed E-state index contributed by atoms with van der Waals surface area (Å²) in [5.74, 6) is -0.136. The molecule has 0 aliphatic carbocycles. The molecule has 4 nitrogen and oxygen atoms in total. The third kappa shape index (κ3) is 5.36. The number of benzene rings is 3. The number of pyridine rings is 1. The molecule has 1 heterocycles. The molecule has 0 fully saturated rings. The van der Waals surface area contributed by atoms with Crippen LogP contribution in [0, 0.1) is 25.2 Å². The van der Waals surface area contributed by atoms with Crippen LogP contribution in [0.3, 0.4) is 0 Å². The number of aromatic nitrogens is 1. The van der Waals surface area contributed by atoms with Crippen LogP contribution in [-0.2, 0) is 4.79 Å². The zero-order chi connectivity index (χ0) is 24.1. The molecular formula is C29H25N3OS. The molecule has 1 atom stereocenters. The molecule has 0 spiro atoms. The Hall–Kier alpha value is -3.88. The zero-order valence-electron chi connectivity index (χ0n) is 19.4. The summed E-state index contributed by atoms with van der Waals surface area (Å²) < 4.78 is 0. The number of nitrogens with one attached hydrogen (secondary N) is 1. The Labute approximate surface area is 204 Å².